The van der Waals surface area contributed by atoms with Crippen LogP contribution in [-0.4, -0.2) is 18.7 Å². The van der Waals surface area contributed by atoms with E-state index in [1.807, 2.05) is 0 Å². The highest BCUT2D eigenvalue weighted by atomic mass is 16.3. The average molecular weight is 167 g/mol. The van der Waals surface area contributed by atoms with Crippen molar-refractivity contribution in [2.75, 3.05) is 7.05 Å². The number of amides is 1. The Hall–Kier alpha value is -1.58. The molecule has 0 aromatic carbocycles. The Morgan fingerprint density at radius 3 is 2.83 bits per heavy atom. The van der Waals surface area contributed by atoms with Crippen LogP contribution in [0.4, 0.5) is 0 Å². The standard InChI is InChI=1S/C8H9NO3/c1-9-8(11)5-6(10)7-3-2-4-12-7/h2-4H,5H2,1H3,(H,9,11). The molecular weight excluding hydrogens is 158 g/mol. The fourth-order valence-electron chi connectivity index (χ4n) is 0.759. The van der Waals surface area contributed by atoms with E-state index >= 15 is 0 Å². The van der Waals surface area contributed by atoms with Gasteiger partial charge in [-0.3, -0.25) is 9.59 Å². The summed E-state index contributed by atoms with van der Waals surface area (Å²) in [5.41, 5.74) is 0. The number of Topliss-reactive ketones (excluding diaryl/α,β-unsaturated/α-hetero) is 1. The normalized spacial score (nSPS) is 9.42. The second kappa shape index (κ2) is 3.71. The van der Waals surface area contributed by atoms with Crippen molar-refractivity contribution in [3.8, 4) is 0 Å². The van der Waals surface area contributed by atoms with Crippen molar-refractivity contribution >= 4 is 11.7 Å². The summed E-state index contributed by atoms with van der Waals surface area (Å²) in [5.74, 6) is -0.394. The van der Waals surface area contributed by atoms with E-state index in [4.69, 9.17) is 4.42 Å². The summed E-state index contributed by atoms with van der Waals surface area (Å²) in [6, 6.07) is 3.14. The number of carbonyl (C=O) groups excluding carboxylic acids is 2. The van der Waals surface area contributed by atoms with E-state index < -0.39 is 0 Å². The van der Waals surface area contributed by atoms with Crippen molar-refractivity contribution in [3.63, 3.8) is 0 Å². The smallest absolute Gasteiger partial charge is 0.227 e. The van der Waals surface area contributed by atoms with E-state index in [0.717, 1.165) is 0 Å². The third kappa shape index (κ3) is 1.95. The predicted molar refractivity (Wildman–Crippen MR) is 41.7 cm³/mol. The molecule has 1 heterocycles. The second-order valence-corrected chi connectivity index (χ2v) is 2.25. The van der Waals surface area contributed by atoms with Gasteiger partial charge >= 0.3 is 0 Å². The molecule has 4 heteroatoms. The molecule has 0 unspecified atom stereocenters. The van der Waals surface area contributed by atoms with Crippen LogP contribution in [0.25, 0.3) is 0 Å². The highest BCUT2D eigenvalue weighted by Gasteiger charge is 2.12. The zero-order valence-electron chi connectivity index (χ0n) is 6.66. The van der Waals surface area contributed by atoms with Crippen LogP contribution in [0, 0.1) is 0 Å². The second-order valence-electron chi connectivity index (χ2n) is 2.25. The van der Waals surface area contributed by atoms with Gasteiger partial charge in [-0.15, -0.1) is 0 Å². The maximum absolute atomic E-state index is 11.1. The third-order valence-corrected chi connectivity index (χ3v) is 1.40. The largest absolute Gasteiger partial charge is 0.461 e. The van der Waals surface area contributed by atoms with Gasteiger partial charge in [0.25, 0.3) is 0 Å². The molecule has 0 bridgehead atoms. The molecule has 0 spiro atoms. The first kappa shape index (κ1) is 8.52. The number of ketones is 1. The van der Waals surface area contributed by atoms with Gasteiger partial charge in [0.1, 0.15) is 0 Å². The predicted octanol–water partition coefficient (Wildman–Crippen LogP) is 0.598. The molecule has 0 aliphatic heterocycles. The van der Waals surface area contributed by atoms with E-state index in [-0.39, 0.29) is 23.9 Å². The minimum Gasteiger partial charge on any atom is -0.461 e. The van der Waals surface area contributed by atoms with E-state index in [1.54, 1.807) is 6.07 Å². The molecule has 0 aliphatic carbocycles. The Bertz CT molecular complexity index is 277. The van der Waals surface area contributed by atoms with Crippen molar-refractivity contribution in [3.05, 3.63) is 24.2 Å². The quantitative estimate of drug-likeness (QED) is 0.529. The molecule has 0 fully saturated rings. The van der Waals surface area contributed by atoms with Crippen LogP contribution < -0.4 is 5.32 Å². The van der Waals surface area contributed by atoms with Gasteiger partial charge < -0.3 is 9.73 Å². The zero-order valence-corrected chi connectivity index (χ0v) is 6.66. The first-order valence-corrected chi connectivity index (χ1v) is 3.51. The molecule has 0 aliphatic rings. The van der Waals surface area contributed by atoms with Crippen LogP contribution in [-0.2, 0) is 4.79 Å². The van der Waals surface area contributed by atoms with Crippen molar-refractivity contribution in [2.24, 2.45) is 0 Å². The lowest BCUT2D eigenvalue weighted by atomic mass is 10.2. The molecule has 1 aromatic rings. The SMILES string of the molecule is CNC(=O)CC(=O)c1ccco1. The van der Waals surface area contributed by atoms with E-state index in [0.29, 0.717) is 0 Å². The van der Waals surface area contributed by atoms with Gasteiger partial charge in [0.05, 0.1) is 12.7 Å². The van der Waals surface area contributed by atoms with Crippen LogP contribution in [0.1, 0.15) is 17.0 Å². The number of nitrogens with one attached hydrogen (secondary N) is 1. The first-order valence-electron chi connectivity index (χ1n) is 3.51. The molecule has 1 amide bonds. The summed E-state index contributed by atoms with van der Waals surface area (Å²) in [6.07, 6.45) is 1.24. The summed E-state index contributed by atoms with van der Waals surface area (Å²) < 4.78 is 4.81. The van der Waals surface area contributed by atoms with E-state index in [9.17, 15) is 9.59 Å². The first-order chi connectivity index (χ1) is 5.74. The number of hydrogen-bond donors (Lipinski definition) is 1. The maximum atomic E-state index is 11.1. The van der Waals surface area contributed by atoms with Gasteiger partial charge in [-0.1, -0.05) is 0 Å². The van der Waals surface area contributed by atoms with Crippen LogP contribution in [0.2, 0.25) is 0 Å². The Labute approximate surface area is 69.6 Å². The molecule has 1 N–H and O–H groups in total. The minimum absolute atomic E-state index is 0.163. The van der Waals surface area contributed by atoms with Crippen LogP contribution in [0.3, 0.4) is 0 Å². The molecular formula is C8H9NO3. The molecule has 12 heavy (non-hydrogen) atoms. The molecule has 4 nitrogen and oxygen atoms in total. The molecule has 1 rings (SSSR count). The van der Waals surface area contributed by atoms with Crippen LogP contribution in [0.15, 0.2) is 22.8 Å². The highest BCUT2D eigenvalue weighted by molar-refractivity contribution is 6.05. The molecule has 0 saturated carbocycles. The highest BCUT2D eigenvalue weighted by Crippen LogP contribution is 2.03. The Kier molecular flexibility index (Phi) is 2.63. The monoisotopic (exact) mass is 167 g/mol. The van der Waals surface area contributed by atoms with E-state index in [2.05, 4.69) is 5.32 Å². The summed E-state index contributed by atoms with van der Waals surface area (Å²) in [6.45, 7) is 0. The minimum atomic E-state index is -0.309. The number of carbonyl (C=O) groups is 2. The Morgan fingerprint density at radius 1 is 1.58 bits per heavy atom. The zero-order chi connectivity index (χ0) is 8.97. The molecule has 0 atom stereocenters. The van der Waals surface area contributed by atoms with Crippen LogP contribution in [0.5, 0.6) is 0 Å². The summed E-state index contributed by atoms with van der Waals surface area (Å²) in [4.78, 5) is 21.9. The Morgan fingerprint density at radius 2 is 2.33 bits per heavy atom. The maximum Gasteiger partial charge on any atom is 0.227 e. The average Bonchev–Trinajstić information content (AvgIpc) is 2.56. The third-order valence-electron chi connectivity index (χ3n) is 1.40. The number of rotatable bonds is 3. The molecule has 64 valence electrons. The number of hydrogen-bond acceptors (Lipinski definition) is 3. The van der Waals surface area contributed by atoms with Crippen molar-refractivity contribution in [1.29, 1.82) is 0 Å². The summed E-state index contributed by atoms with van der Waals surface area (Å²) in [7, 11) is 1.48. The van der Waals surface area contributed by atoms with Gasteiger partial charge in [0.15, 0.2) is 5.76 Å². The molecule has 0 radical (unpaired) electrons. The summed E-state index contributed by atoms with van der Waals surface area (Å²) >= 11 is 0. The van der Waals surface area contributed by atoms with Gasteiger partial charge in [0, 0.05) is 7.05 Å². The lowest BCUT2D eigenvalue weighted by Gasteiger charge is -1.95. The van der Waals surface area contributed by atoms with Gasteiger partial charge in [0.2, 0.25) is 11.7 Å². The fraction of sp³-hybridized carbons (Fsp3) is 0.250. The van der Waals surface area contributed by atoms with Crippen LogP contribution >= 0.6 is 0 Å². The lowest BCUT2D eigenvalue weighted by Crippen LogP contribution is -2.21. The van der Waals surface area contributed by atoms with Gasteiger partial charge in [-0.2, -0.15) is 0 Å². The Balaban J connectivity index is 2.56. The summed E-state index contributed by atoms with van der Waals surface area (Å²) in [5, 5.41) is 2.36. The van der Waals surface area contributed by atoms with Crippen molar-refractivity contribution < 1.29 is 14.0 Å². The fourth-order valence-corrected chi connectivity index (χ4v) is 0.759. The van der Waals surface area contributed by atoms with Crippen molar-refractivity contribution in [1.82, 2.24) is 5.32 Å². The molecule has 1 aromatic heterocycles. The van der Waals surface area contributed by atoms with Gasteiger partial charge in [-0.25, -0.2) is 0 Å². The van der Waals surface area contributed by atoms with Gasteiger partial charge in [-0.05, 0) is 12.1 Å². The lowest BCUT2D eigenvalue weighted by molar-refractivity contribution is -0.119. The topological polar surface area (TPSA) is 59.3 Å². The number of furan rings is 1. The molecule has 0 saturated heterocycles. The van der Waals surface area contributed by atoms with E-state index in [1.165, 1.54) is 19.4 Å². The van der Waals surface area contributed by atoms with Crippen molar-refractivity contribution in [2.45, 2.75) is 6.42 Å².